The Bertz CT molecular complexity index is 834. The van der Waals surface area contributed by atoms with Crippen molar-refractivity contribution < 1.29 is 4.79 Å². The van der Waals surface area contributed by atoms with Crippen molar-refractivity contribution in [1.29, 1.82) is 0 Å². The fraction of sp³-hybridized carbons (Fsp3) is 0.591. The van der Waals surface area contributed by atoms with Crippen molar-refractivity contribution in [1.82, 2.24) is 19.7 Å². The summed E-state index contributed by atoms with van der Waals surface area (Å²) in [6.07, 6.45) is 4.09. The number of hydrogen-bond acceptors (Lipinski definition) is 5. The number of benzene rings is 1. The number of carbonyl (C=O) groups is 1. The molecule has 2 aromatic rings. The highest BCUT2D eigenvalue weighted by Gasteiger charge is 2.30. The van der Waals surface area contributed by atoms with Gasteiger partial charge in [0, 0.05) is 18.8 Å². The summed E-state index contributed by atoms with van der Waals surface area (Å²) in [7, 11) is 4.16. The summed E-state index contributed by atoms with van der Waals surface area (Å²) in [6, 6.07) is 8.42. The molecule has 0 saturated carbocycles. The van der Waals surface area contributed by atoms with Crippen LogP contribution in [0.3, 0.4) is 0 Å². The molecule has 0 fully saturated rings. The van der Waals surface area contributed by atoms with Crippen LogP contribution in [0.5, 0.6) is 0 Å². The predicted octanol–water partition coefficient (Wildman–Crippen LogP) is 4.16. The number of para-hydroxylation sites is 1. The molecule has 6 nitrogen and oxygen atoms in total. The Morgan fingerprint density at radius 2 is 2.00 bits per heavy atom. The maximum absolute atomic E-state index is 13.2. The van der Waals surface area contributed by atoms with Gasteiger partial charge in [0.05, 0.1) is 11.3 Å². The fourth-order valence-electron chi connectivity index (χ4n) is 3.93. The van der Waals surface area contributed by atoms with Crippen LogP contribution in [-0.2, 0) is 17.8 Å². The van der Waals surface area contributed by atoms with Gasteiger partial charge in [-0.15, -0.1) is 10.2 Å². The fourth-order valence-corrected chi connectivity index (χ4v) is 4.88. The monoisotopic (exact) mass is 415 g/mol. The molecule has 1 aliphatic heterocycles. The third kappa shape index (κ3) is 4.67. The molecule has 158 valence electrons. The lowest BCUT2D eigenvalue weighted by Gasteiger charge is -2.24. The highest BCUT2D eigenvalue weighted by atomic mass is 32.2. The minimum atomic E-state index is -0.210. The van der Waals surface area contributed by atoms with Gasteiger partial charge in [-0.3, -0.25) is 9.69 Å². The summed E-state index contributed by atoms with van der Waals surface area (Å²) in [5.41, 5.74) is 2.31. The second kappa shape index (κ2) is 9.76. The first kappa shape index (κ1) is 21.8. The number of unbranched alkanes of at least 4 members (excludes halogenated alkanes) is 1. The lowest BCUT2D eigenvalue weighted by Crippen LogP contribution is -2.35. The molecule has 1 aromatic carbocycles. The summed E-state index contributed by atoms with van der Waals surface area (Å²) in [5.74, 6) is 1.14. The minimum Gasteiger partial charge on any atom is -0.311 e. The average molecular weight is 416 g/mol. The van der Waals surface area contributed by atoms with Gasteiger partial charge in [0.15, 0.2) is 11.0 Å². The van der Waals surface area contributed by atoms with E-state index in [1.54, 1.807) is 0 Å². The smallest absolute Gasteiger partial charge is 0.240 e. The Labute approximate surface area is 178 Å². The molecule has 0 spiro atoms. The van der Waals surface area contributed by atoms with Gasteiger partial charge in [-0.05, 0) is 51.9 Å². The minimum absolute atomic E-state index is 0.145. The molecule has 2 heterocycles. The Balaban J connectivity index is 1.80. The van der Waals surface area contributed by atoms with E-state index in [2.05, 4.69) is 53.7 Å². The molecule has 0 radical (unpaired) electrons. The predicted molar refractivity (Wildman–Crippen MR) is 119 cm³/mol. The number of anilines is 1. The molecule has 1 amide bonds. The number of fused-ring (bicyclic) bond motifs is 1. The maximum atomic E-state index is 13.2. The largest absolute Gasteiger partial charge is 0.311 e. The number of aromatic nitrogens is 3. The van der Waals surface area contributed by atoms with Gasteiger partial charge in [0.1, 0.15) is 0 Å². The first-order valence-corrected chi connectivity index (χ1v) is 11.5. The van der Waals surface area contributed by atoms with Crippen molar-refractivity contribution in [3.05, 3.63) is 35.7 Å². The second-order valence-electron chi connectivity index (χ2n) is 7.86. The van der Waals surface area contributed by atoms with Crippen LogP contribution in [-0.4, -0.2) is 51.5 Å². The maximum Gasteiger partial charge on any atom is 0.240 e. The van der Waals surface area contributed by atoms with Crippen molar-refractivity contribution in [2.75, 3.05) is 25.5 Å². The van der Waals surface area contributed by atoms with Gasteiger partial charge in [0.25, 0.3) is 0 Å². The highest BCUT2D eigenvalue weighted by Crippen LogP contribution is 2.32. The summed E-state index contributed by atoms with van der Waals surface area (Å²) in [6.45, 7) is 7.99. The van der Waals surface area contributed by atoms with Gasteiger partial charge >= 0.3 is 0 Å². The third-order valence-corrected chi connectivity index (χ3v) is 6.64. The third-order valence-electron chi connectivity index (χ3n) is 5.57. The Hall–Kier alpha value is -1.86. The van der Waals surface area contributed by atoms with Crippen molar-refractivity contribution in [3.8, 4) is 0 Å². The van der Waals surface area contributed by atoms with E-state index in [1.807, 2.05) is 30.0 Å². The molecular formula is C22H33N5OS. The Kier molecular flexibility index (Phi) is 7.35. The quantitative estimate of drug-likeness (QED) is 0.576. The van der Waals surface area contributed by atoms with E-state index in [9.17, 15) is 4.79 Å². The number of rotatable bonds is 9. The summed E-state index contributed by atoms with van der Waals surface area (Å²) < 4.78 is 2.23. The molecule has 29 heavy (non-hydrogen) atoms. The van der Waals surface area contributed by atoms with Crippen LogP contribution in [0.4, 0.5) is 5.69 Å². The van der Waals surface area contributed by atoms with Crippen molar-refractivity contribution in [3.63, 3.8) is 0 Å². The van der Waals surface area contributed by atoms with Gasteiger partial charge in [-0.2, -0.15) is 0 Å². The van der Waals surface area contributed by atoms with Crippen LogP contribution >= 0.6 is 11.8 Å². The molecule has 2 atom stereocenters. The molecule has 7 heteroatoms. The second-order valence-corrected chi connectivity index (χ2v) is 9.17. The van der Waals surface area contributed by atoms with E-state index in [4.69, 9.17) is 0 Å². The van der Waals surface area contributed by atoms with E-state index >= 15 is 0 Å². The van der Waals surface area contributed by atoms with Gasteiger partial charge in [-0.1, -0.05) is 50.2 Å². The van der Waals surface area contributed by atoms with Crippen LogP contribution in [0.1, 0.15) is 57.5 Å². The average Bonchev–Trinajstić information content (AvgIpc) is 3.30. The number of carbonyl (C=O) groups excluding carboxylic acids is 1. The van der Waals surface area contributed by atoms with Crippen molar-refractivity contribution in [2.24, 2.45) is 0 Å². The first-order valence-electron chi connectivity index (χ1n) is 10.6. The molecule has 1 aliphatic rings. The number of hydrogen-bond donors (Lipinski definition) is 0. The molecule has 2 unspecified atom stereocenters. The molecule has 0 aliphatic carbocycles. The summed E-state index contributed by atoms with van der Waals surface area (Å²) in [5, 5.41) is 9.66. The van der Waals surface area contributed by atoms with Crippen LogP contribution in [0.25, 0.3) is 0 Å². The van der Waals surface area contributed by atoms with E-state index in [0.29, 0.717) is 0 Å². The summed E-state index contributed by atoms with van der Waals surface area (Å²) >= 11 is 1.53. The SMILES string of the molecule is CCCCn1c(SC(C)C(=O)N2CCc3ccccc32)nnc1C(CC)N(C)C. The molecular weight excluding hydrogens is 382 g/mol. The zero-order valence-corrected chi connectivity index (χ0v) is 19.1. The zero-order chi connectivity index (χ0) is 21.0. The normalized spacial score (nSPS) is 15.6. The number of amides is 1. The van der Waals surface area contributed by atoms with E-state index in [-0.39, 0.29) is 17.2 Å². The van der Waals surface area contributed by atoms with Crippen LogP contribution in [0.15, 0.2) is 29.4 Å². The highest BCUT2D eigenvalue weighted by molar-refractivity contribution is 8.00. The van der Waals surface area contributed by atoms with E-state index in [0.717, 1.165) is 55.4 Å². The Morgan fingerprint density at radius 3 is 2.69 bits per heavy atom. The Morgan fingerprint density at radius 1 is 1.24 bits per heavy atom. The molecule has 0 saturated heterocycles. The number of nitrogens with zero attached hydrogens (tertiary/aromatic N) is 5. The van der Waals surface area contributed by atoms with Gasteiger partial charge in [0.2, 0.25) is 5.91 Å². The lowest BCUT2D eigenvalue weighted by molar-refractivity contribution is -0.117. The molecule has 1 aromatic heterocycles. The first-order chi connectivity index (χ1) is 14.0. The zero-order valence-electron chi connectivity index (χ0n) is 18.3. The molecule has 0 N–H and O–H groups in total. The number of thioether (sulfide) groups is 1. The van der Waals surface area contributed by atoms with E-state index < -0.39 is 0 Å². The molecule has 3 rings (SSSR count). The van der Waals surface area contributed by atoms with Crippen molar-refractivity contribution in [2.45, 2.75) is 69.4 Å². The summed E-state index contributed by atoms with van der Waals surface area (Å²) in [4.78, 5) is 17.3. The van der Waals surface area contributed by atoms with Crippen LogP contribution in [0.2, 0.25) is 0 Å². The van der Waals surface area contributed by atoms with Crippen LogP contribution in [0, 0.1) is 0 Å². The van der Waals surface area contributed by atoms with Gasteiger partial charge < -0.3 is 9.47 Å². The van der Waals surface area contributed by atoms with Crippen molar-refractivity contribution >= 4 is 23.4 Å². The topological polar surface area (TPSA) is 54.3 Å². The van der Waals surface area contributed by atoms with Crippen LogP contribution < -0.4 is 4.90 Å². The standard InChI is InChI=1S/C22H33N5OS/c1-6-8-14-27-20(18(7-2)25(4)5)23-24-22(27)29-16(3)21(28)26-15-13-17-11-9-10-12-19(17)26/h9-12,16,18H,6-8,13-15H2,1-5H3. The van der Waals surface area contributed by atoms with Gasteiger partial charge in [-0.25, -0.2) is 0 Å². The molecule has 0 bridgehead atoms. The van der Waals surface area contributed by atoms with E-state index in [1.165, 1.54) is 17.3 Å². The lowest BCUT2D eigenvalue weighted by atomic mass is 10.2.